The van der Waals surface area contributed by atoms with Crippen LogP contribution in [-0.4, -0.2) is 0 Å². The maximum Gasteiger partial charge on any atom is 0.0159 e. The Morgan fingerprint density at radius 1 is 0.905 bits per heavy atom. The average molecular weight is 278 g/mol. The van der Waals surface area contributed by atoms with Gasteiger partial charge in [0.1, 0.15) is 0 Å². The Kier molecular flexibility index (Phi) is 3.43. The number of hydrogen-bond donors (Lipinski definition) is 0. The summed E-state index contributed by atoms with van der Waals surface area (Å²) < 4.78 is 0. The molecule has 0 amide bonds. The van der Waals surface area contributed by atoms with Gasteiger partial charge in [0.25, 0.3) is 0 Å². The molecule has 0 aliphatic heterocycles. The second kappa shape index (κ2) is 5.02. The van der Waals surface area contributed by atoms with Gasteiger partial charge in [-0.2, -0.15) is 0 Å². The highest BCUT2D eigenvalue weighted by Crippen LogP contribution is 2.49. The summed E-state index contributed by atoms with van der Waals surface area (Å²) in [6.45, 7) is 11.5. The molecule has 0 bridgehead atoms. The first-order valence-corrected chi connectivity index (χ1v) is 8.20. The Hall–Kier alpha value is -1.56. The molecule has 0 saturated carbocycles. The van der Waals surface area contributed by atoms with E-state index in [9.17, 15) is 0 Å². The fourth-order valence-electron chi connectivity index (χ4n) is 3.68. The van der Waals surface area contributed by atoms with Gasteiger partial charge < -0.3 is 0 Å². The minimum absolute atomic E-state index is 0.130. The molecule has 3 rings (SSSR count). The van der Waals surface area contributed by atoms with Crippen molar-refractivity contribution in [3.8, 4) is 11.1 Å². The molecule has 0 aromatic heterocycles. The lowest BCUT2D eigenvalue weighted by atomic mass is 9.81. The SMILES string of the molecule is CCCCc1cc2c(cc1C)C(C)(C)c1cc(C)ccc1-2. The molecule has 1 aliphatic carbocycles. The minimum Gasteiger partial charge on any atom is -0.0654 e. The Morgan fingerprint density at radius 2 is 1.62 bits per heavy atom. The smallest absolute Gasteiger partial charge is 0.0159 e. The first-order valence-electron chi connectivity index (χ1n) is 8.20. The van der Waals surface area contributed by atoms with Gasteiger partial charge in [-0.05, 0) is 60.1 Å². The first-order chi connectivity index (χ1) is 9.95. The molecule has 0 saturated heterocycles. The zero-order valence-corrected chi connectivity index (χ0v) is 14.0. The van der Waals surface area contributed by atoms with E-state index in [1.807, 2.05) is 0 Å². The summed E-state index contributed by atoms with van der Waals surface area (Å²) in [7, 11) is 0. The van der Waals surface area contributed by atoms with Crippen LogP contribution in [0.1, 0.15) is 61.4 Å². The third kappa shape index (κ3) is 2.21. The lowest BCUT2D eigenvalue weighted by Crippen LogP contribution is -2.15. The van der Waals surface area contributed by atoms with Gasteiger partial charge in [0.15, 0.2) is 0 Å². The van der Waals surface area contributed by atoms with Crippen LogP contribution in [0.5, 0.6) is 0 Å². The molecule has 21 heavy (non-hydrogen) atoms. The standard InChI is InChI=1S/C21H26/c1-6-7-8-16-13-18-17-10-9-14(2)11-19(17)21(4,5)20(18)12-15(16)3/h9-13H,6-8H2,1-5H3. The minimum atomic E-state index is 0.130. The Bertz CT molecular complexity index is 689. The van der Waals surface area contributed by atoms with Gasteiger partial charge in [0.2, 0.25) is 0 Å². The topological polar surface area (TPSA) is 0 Å². The summed E-state index contributed by atoms with van der Waals surface area (Å²) in [5.41, 5.74) is 10.4. The van der Waals surface area contributed by atoms with E-state index in [4.69, 9.17) is 0 Å². The summed E-state index contributed by atoms with van der Waals surface area (Å²) in [4.78, 5) is 0. The summed E-state index contributed by atoms with van der Waals surface area (Å²) in [5.74, 6) is 0. The van der Waals surface area contributed by atoms with Gasteiger partial charge in [0, 0.05) is 5.41 Å². The number of unbranched alkanes of at least 4 members (excludes halogenated alkanes) is 1. The first kappa shape index (κ1) is 14.4. The normalized spacial score (nSPS) is 14.9. The molecule has 0 heterocycles. The summed E-state index contributed by atoms with van der Waals surface area (Å²) >= 11 is 0. The van der Waals surface area contributed by atoms with E-state index in [-0.39, 0.29) is 5.41 Å². The Morgan fingerprint density at radius 3 is 2.33 bits per heavy atom. The van der Waals surface area contributed by atoms with Gasteiger partial charge >= 0.3 is 0 Å². The van der Waals surface area contributed by atoms with Crippen LogP contribution in [0.3, 0.4) is 0 Å². The largest absolute Gasteiger partial charge is 0.0654 e. The van der Waals surface area contributed by atoms with Crippen LogP contribution in [0, 0.1) is 13.8 Å². The highest BCUT2D eigenvalue weighted by molar-refractivity contribution is 5.81. The quantitative estimate of drug-likeness (QED) is 0.650. The number of hydrogen-bond acceptors (Lipinski definition) is 0. The highest BCUT2D eigenvalue weighted by Gasteiger charge is 2.35. The average Bonchev–Trinajstić information content (AvgIpc) is 2.65. The van der Waals surface area contributed by atoms with Crippen molar-refractivity contribution in [2.45, 2.75) is 59.3 Å². The number of rotatable bonds is 3. The van der Waals surface area contributed by atoms with Gasteiger partial charge in [-0.25, -0.2) is 0 Å². The van der Waals surface area contributed by atoms with Crippen LogP contribution in [0.4, 0.5) is 0 Å². The van der Waals surface area contributed by atoms with Crippen LogP contribution in [-0.2, 0) is 11.8 Å². The van der Waals surface area contributed by atoms with Crippen molar-refractivity contribution in [2.75, 3.05) is 0 Å². The van der Waals surface area contributed by atoms with Crippen molar-refractivity contribution < 1.29 is 0 Å². The molecule has 2 aromatic carbocycles. The van der Waals surface area contributed by atoms with Crippen LogP contribution in [0.2, 0.25) is 0 Å². The second-order valence-corrected chi connectivity index (χ2v) is 7.10. The van der Waals surface area contributed by atoms with E-state index in [0.717, 1.165) is 0 Å². The van der Waals surface area contributed by atoms with E-state index in [1.54, 1.807) is 0 Å². The van der Waals surface area contributed by atoms with E-state index >= 15 is 0 Å². The molecule has 110 valence electrons. The van der Waals surface area contributed by atoms with Crippen molar-refractivity contribution in [1.29, 1.82) is 0 Å². The molecule has 2 aromatic rings. The molecular weight excluding hydrogens is 252 g/mol. The fraction of sp³-hybridized carbons (Fsp3) is 0.429. The van der Waals surface area contributed by atoms with E-state index in [1.165, 1.54) is 58.2 Å². The number of benzene rings is 2. The van der Waals surface area contributed by atoms with Crippen LogP contribution >= 0.6 is 0 Å². The van der Waals surface area contributed by atoms with Crippen molar-refractivity contribution in [2.24, 2.45) is 0 Å². The molecule has 0 nitrogen and oxygen atoms in total. The van der Waals surface area contributed by atoms with E-state index in [0.29, 0.717) is 0 Å². The maximum atomic E-state index is 2.46. The van der Waals surface area contributed by atoms with Gasteiger partial charge in [-0.3, -0.25) is 0 Å². The van der Waals surface area contributed by atoms with Crippen molar-refractivity contribution in [1.82, 2.24) is 0 Å². The van der Waals surface area contributed by atoms with Gasteiger partial charge in [0.05, 0.1) is 0 Å². The zero-order valence-electron chi connectivity index (χ0n) is 14.0. The molecule has 0 N–H and O–H groups in total. The summed E-state index contributed by atoms with van der Waals surface area (Å²) in [6, 6.07) is 11.8. The summed E-state index contributed by atoms with van der Waals surface area (Å²) in [6.07, 6.45) is 3.75. The zero-order chi connectivity index (χ0) is 15.2. The molecule has 0 heteroatoms. The van der Waals surface area contributed by atoms with Gasteiger partial charge in [-0.1, -0.05) is 63.1 Å². The third-order valence-electron chi connectivity index (χ3n) is 5.09. The lowest BCUT2D eigenvalue weighted by molar-refractivity contribution is 0.658. The van der Waals surface area contributed by atoms with Crippen molar-refractivity contribution in [3.63, 3.8) is 0 Å². The maximum absolute atomic E-state index is 2.46. The molecule has 0 fully saturated rings. The molecular formula is C21H26. The van der Waals surface area contributed by atoms with Gasteiger partial charge in [-0.15, -0.1) is 0 Å². The monoisotopic (exact) mass is 278 g/mol. The number of aryl methyl sites for hydroxylation is 3. The van der Waals surface area contributed by atoms with E-state index in [2.05, 4.69) is 65.0 Å². The van der Waals surface area contributed by atoms with Crippen molar-refractivity contribution in [3.05, 3.63) is 58.1 Å². The Labute approximate surface area is 129 Å². The molecule has 0 spiro atoms. The second-order valence-electron chi connectivity index (χ2n) is 7.10. The lowest BCUT2D eigenvalue weighted by Gasteiger charge is -2.22. The predicted octanol–water partition coefficient (Wildman–Crippen LogP) is 5.95. The summed E-state index contributed by atoms with van der Waals surface area (Å²) in [5, 5.41) is 0. The molecule has 0 radical (unpaired) electrons. The van der Waals surface area contributed by atoms with Crippen LogP contribution in [0.25, 0.3) is 11.1 Å². The third-order valence-corrected chi connectivity index (χ3v) is 5.09. The number of fused-ring (bicyclic) bond motifs is 3. The van der Waals surface area contributed by atoms with Crippen molar-refractivity contribution >= 4 is 0 Å². The molecule has 0 unspecified atom stereocenters. The van der Waals surface area contributed by atoms with E-state index < -0.39 is 0 Å². The van der Waals surface area contributed by atoms with Crippen LogP contribution in [0.15, 0.2) is 30.3 Å². The van der Waals surface area contributed by atoms with Crippen LogP contribution < -0.4 is 0 Å². The molecule has 1 aliphatic rings. The fourth-order valence-corrected chi connectivity index (χ4v) is 3.68. The Balaban J connectivity index is 2.19. The predicted molar refractivity (Wildman–Crippen MR) is 92.1 cm³/mol. The highest BCUT2D eigenvalue weighted by atomic mass is 14.4. The molecule has 0 atom stereocenters.